The van der Waals surface area contributed by atoms with Gasteiger partial charge in [0.15, 0.2) is 0 Å². The molecule has 2 heterocycles. The van der Waals surface area contributed by atoms with Gasteiger partial charge >= 0.3 is 0 Å². The number of anilines is 2. The first-order valence-corrected chi connectivity index (χ1v) is 5.92. The number of nitrogens with one attached hydrogen (secondary N) is 2. The maximum atomic E-state index is 11.8. The maximum absolute atomic E-state index is 11.8. The third-order valence-electron chi connectivity index (χ3n) is 2.96. The zero-order valence-electron chi connectivity index (χ0n) is 9.77. The Morgan fingerprint density at radius 1 is 1.39 bits per heavy atom. The van der Waals surface area contributed by atoms with E-state index in [9.17, 15) is 4.79 Å². The van der Waals surface area contributed by atoms with Gasteiger partial charge in [0.05, 0.1) is 6.20 Å². The number of benzene rings is 1. The van der Waals surface area contributed by atoms with Gasteiger partial charge in [-0.15, -0.1) is 0 Å². The van der Waals surface area contributed by atoms with Crippen LogP contribution in [-0.4, -0.2) is 17.6 Å². The van der Waals surface area contributed by atoms with Crippen LogP contribution in [0.1, 0.15) is 22.5 Å². The summed E-state index contributed by atoms with van der Waals surface area (Å²) in [5.41, 5.74) is 3.16. The minimum absolute atomic E-state index is 0.214. The quantitative estimate of drug-likeness (QED) is 0.849. The van der Waals surface area contributed by atoms with Crippen LogP contribution in [0.2, 0.25) is 0 Å². The molecule has 1 aromatic carbocycles. The molecule has 5 nitrogen and oxygen atoms in total. The van der Waals surface area contributed by atoms with Crippen molar-refractivity contribution >= 4 is 17.3 Å². The molecule has 92 valence electrons. The summed E-state index contributed by atoms with van der Waals surface area (Å²) in [6.07, 6.45) is 3.60. The van der Waals surface area contributed by atoms with Gasteiger partial charge in [-0.3, -0.25) is 4.79 Å². The summed E-state index contributed by atoms with van der Waals surface area (Å²) in [5.74, 6) is -0.0675. The van der Waals surface area contributed by atoms with Crippen LogP contribution in [0.4, 0.5) is 11.4 Å². The summed E-state index contributed by atoms with van der Waals surface area (Å²) in [6, 6.07) is 7.40. The summed E-state index contributed by atoms with van der Waals surface area (Å²) in [7, 11) is 0. The molecule has 0 unspecified atom stereocenters. The Labute approximate surface area is 104 Å². The van der Waals surface area contributed by atoms with Crippen molar-refractivity contribution in [1.29, 1.82) is 0 Å². The van der Waals surface area contributed by atoms with Crippen LogP contribution in [0.3, 0.4) is 0 Å². The number of carbonyl (C=O) groups excluding carboxylic acids is 1. The monoisotopic (exact) mass is 243 g/mol. The zero-order valence-corrected chi connectivity index (χ0v) is 9.77. The molecule has 0 aliphatic carbocycles. The molecule has 18 heavy (non-hydrogen) atoms. The van der Waals surface area contributed by atoms with E-state index < -0.39 is 0 Å². The summed E-state index contributed by atoms with van der Waals surface area (Å²) >= 11 is 0. The van der Waals surface area contributed by atoms with E-state index in [1.54, 1.807) is 0 Å². The topological polar surface area (TPSA) is 67.2 Å². The predicted molar refractivity (Wildman–Crippen MR) is 67.7 cm³/mol. The third-order valence-corrected chi connectivity index (χ3v) is 2.96. The second-order valence-electron chi connectivity index (χ2n) is 4.23. The molecule has 2 aromatic rings. The fourth-order valence-corrected chi connectivity index (χ4v) is 2.08. The lowest BCUT2D eigenvalue weighted by Gasteiger charge is -2.18. The highest BCUT2D eigenvalue weighted by Gasteiger charge is 2.12. The van der Waals surface area contributed by atoms with Crippen molar-refractivity contribution in [2.45, 2.75) is 12.8 Å². The van der Waals surface area contributed by atoms with Gasteiger partial charge in [-0.1, -0.05) is 5.16 Å². The lowest BCUT2D eigenvalue weighted by atomic mass is 10.0. The first kappa shape index (κ1) is 10.8. The van der Waals surface area contributed by atoms with Crippen LogP contribution < -0.4 is 10.6 Å². The molecule has 5 heteroatoms. The Balaban J connectivity index is 1.79. The first-order valence-electron chi connectivity index (χ1n) is 5.92. The number of aromatic nitrogens is 1. The largest absolute Gasteiger partial charge is 0.385 e. The predicted octanol–water partition coefficient (Wildman–Crippen LogP) is 2.29. The highest BCUT2D eigenvalue weighted by Crippen LogP contribution is 2.25. The normalized spacial score (nSPS) is 13.6. The number of hydrogen-bond acceptors (Lipinski definition) is 4. The molecular weight excluding hydrogens is 230 g/mol. The fourth-order valence-electron chi connectivity index (χ4n) is 2.08. The van der Waals surface area contributed by atoms with E-state index in [0.717, 1.165) is 30.8 Å². The lowest BCUT2D eigenvalue weighted by molar-refractivity contribution is 0.0988. The highest BCUT2D eigenvalue weighted by molar-refractivity contribution is 6.02. The van der Waals surface area contributed by atoms with Crippen molar-refractivity contribution < 1.29 is 9.32 Å². The van der Waals surface area contributed by atoms with Crippen molar-refractivity contribution in [3.8, 4) is 0 Å². The summed E-state index contributed by atoms with van der Waals surface area (Å²) in [5, 5.41) is 9.63. The average molecular weight is 243 g/mol. The summed E-state index contributed by atoms with van der Waals surface area (Å²) in [4.78, 5) is 11.8. The number of hydrogen-bond donors (Lipinski definition) is 2. The van der Waals surface area contributed by atoms with Crippen molar-refractivity contribution in [3.63, 3.8) is 0 Å². The molecule has 0 bridgehead atoms. The Kier molecular flexibility index (Phi) is 2.72. The molecule has 1 aliphatic rings. The molecule has 0 saturated heterocycles. The Morgan fingerprint density at radius 3 is 3.17 bits per heavy atom. The van der Waals surface area contributed by atoms with Gasteiger partial charge in [0, 0.05) is 24.0 Å². The third kappa shape index (κ3) is 2.07. The van der Waals surface area contributed by atoms with Crippen LogP contribution in [0.15, 0.2) is 35.0 Å². The fraction of sp³-hybridized carbons (Fsp3) is 0.231. The van der Waals surface area contributed by atoms with Crippen molar-refractivity contribution in [3.05, 3.63) is 41.8 Å². The van der Waals surface area contributed by atoms with E-state index >= 15 is 0 Å². The van der Waals surface area contributed by atoms with E-state index in [1.165, 1.54) is 17.8 Å². The standard InChI is InChI=1S/C13H13N3O2/c17-13(12-5-7-15-18-12)16-10-3-4-11-9(8-10)2-1-6-14-11/h3-5,7-8,14H,1-2,6H2,(H,16,17). The second kappa shape index (κ2) is 4.52. The molecule has 3 rings (SSSR count). The molecule has 0 spiro atoms. The molecule has 2 N–H and O–H groups in total. The molecule has 1 aliphatic heterocycles. The van der Waals surface area contributed by atoms with Crippen LogP contribution >= 0.6 is 0 Å². The van der Waals surface area contributed by atoms with Crippen molar-refractivity contribution in [2.75, 3.05) is 17.2 Å². The van der Waals surface area contributed by atoms with Crippen LogP contribution in [0.5, 0.6) is 0 Å². The van der Waals surface area contributed by atoms with Crippen LogP contribution in [-0.2, 0) is 6.42 Å². The number of amides is 1. The second-order valence-corrected chi connectivity index (χ2v) is 4.23. The van der Waals surface area contributed by atoms with E-state index in [2.05, 4.69) is 15.8 Å². The smallest absolute Gasteiger partial charge is 0.294 e. The molecule has 0 fully saturated rings. The minimum atomic E-state index is -0.281. The van der Waals surface area contributed by atoms with E-state index in [4.69, 9.17) is 4.52 Å². The van der Waals surface area contributed by atoms with Crippen molar-refractivity contribution in [1.82, 2.24) is 5.16 Å². The summed E-state index contributed by atoms with van der Waals surface area (Å²) < 4.78 is 4.81. The number of rotatable bonds is 2. The van der Waals surface area contributed by atoms with Crippen LogP contribution in [0.25, 0.3) is 0 Å². The number of aryl methyl sites for hydroxylation is 1. The summed E-state index contributed by atoms with van der Waals surface area (Å²) in [6.45, 7) is 1.01. The number of nitrogens with zero attached hydrogens (tertiary/aromatic N) is 1. The first-order chi connectivity index (χ1) is 8.83. The van der Waals surface area contributed by atoms with E-state index in [-0.39, 0.29) is 11.7 Å². The molecule has 0 saturated carbocycles. The molecule has 0 radical (unpaired) electrons. The van der Waals surface area contributed by atoms with Gasteiger partial charge in [-0.25, -0.2) is 0 Å². The van der Waals surface area contributed by atoms with Gasteiger partial charge < -0.3 is 15.2 Å². The number of carbonyl (C=O) groups is 1. The number of fused-ring (bicyclic) bond motifs is 1. The van der Waals surface area contributed by atoms with E-state index in [1.807, 2.05) is 18.2 Å². The van der Waals surface area contributed by atoms with Crippen molar-refractivity contribution in [2.24, 2.45) is 0 Å². The molecule has 1 amide bonds. The molecule has 1 aromatic heterocycles. The molecule has 0 atom stereocenters. The average Bonchev–Trinajstić information content (AvgIpc) is 2.92. The Bertz CT molecular complexity index is 564. The Morgan fingerprint density at radius 2 is 2.33 bits per heavy atom. The molecular formula is C13H13N3O2. The van der Waals surface area contributed by atoms with Gasteiger partial charge in [-0.2, -0.15) is 0 Å². The van der Waals surface area contributed by atoms with Crippen LogP contribution in [0, 0.1) is 0 Å². The Hall–Kier alpha value is -2.30. The van der Waals surface area contributed by atoms with Gasteiger partial charge in [0.1, 0.15) is 0 Å². The van der Waals surface area contributed by atoms with Gasteiger partial charge in [0.25, 0.3) is 5.91 Å². The highest BCUT2D eigenvalue weighted by atomic mass is 16.5. The SMILES string of the molecule is O=C(Nc1ccc2c(c1)CCCN2)c1ccno1. The van der Waals surface area contributed by atoms with E-state index in [0.29, 0.717) is 0 Å². The van der Waals surface area contributed by atoms with Gasteiger partial charge in [0.2, 0.25) is 5.76 Å². The lowest BCUT2D eigenvalue weighted by Crippen LogP contribution is -2.14. The maximum Gasteiger partial charge on any atom is 0.294 e. The zero-order chi connectivity index (χ0) is 12.4. The van der Waals surface area contributed by atoms with Gasteiger partial charge in [-0.05, 0) is 36.6 Å². The minimum Gasteiger partial charge on any atom is -0.385 e.